The Morgan fingerprint density at radius 1 is 0.475 bits per heavy atom. The summed E-state index contributed by atoms with van der Waals surface area (Å²) in [7, 11) is 0. The van der Waals surface area contributed by atoms with E-state index in [1.54, 1.807) is 35.4 Å². The van der Waals surface area contributed by atoms with E-state index in [1.807, 2.05) is 6.08 Å². The fourth-order valence-corrected chi connectivity index (χ4v) is 9.09. The van der Waals surface area contributed by atoms with Gasteiger partial charge < -0.3 is 30.7 Å². The lowest BCUT2D eigenvalue weighted by atomic mass is 9.89. The molecule has 6 amide bonds. The molecule has 3 aliphatic heterocycles. The number of rotatable bonds is 6. The number of hydrogen-bond donors (Lipinski definition) is 3. The van der Waals surface area contributed by atoms with Crippen LogP contribution in [0.25, 0.3) is 5.57 Å². The number of halogens is 14. The second kappa shape index (κ2) is 25.2. The Balaban J connectivity index is 0.000000173. The van der Waals surface area contributed by atoms with Gasteiger partial charge in [0.25, 0.3) is 0 Å². The maximum absolute atomic E-state index is 15.2. The Hall–Kier alpha value is -7.60. The van der Waals surface area contributed by atoms with Gasteiger partial charge in [-0.15, -0.1) is 0 Å². The molecule has 2 saturated heterocycles. The normalized spacial score (nSPS) is 16.2. The van der Waals surface area contributed by atoms with Crippen LogP contribution in [-0.2, 0) is 29.9 Å². The SMILES string of the molecule is O=C(Nc1ccc(C(F)(F)F)cc1)N1CC=C(c2ncccc2Cl)CC1.O=C(Nc1ccc(C(F)(F)F)cc1)N1CCC(F)(c2ncccc2Cl)CC1.O=C(Nc1ccc(C(F)(F)F)cc1)N1CCC(F)(c2ncccc2F)CC1. The maximum Gasteiger partial charge on any atom is 0.416 e. The molecule has 80 heavy (non-hydrogen) atoms. The molecule has 0 aliphatic carbocycles. The minimum Gasteiger partial charge on any atom is -0.324 e. The number of carbonyl (C=O) groups excluding carboxylic acids is 3. The van der Waals surface area contributed by atoms with Crippen molar-refractivity contribution in [3.05, 3.63) is 183 Å². The second-order valence-electron chi connectivity index (χ2n) is 18.3. The fourth-order valence-electron chi connectivity index (χ4n) is 8.56. The first-order valence-electron chi connectivity index (χ1n) is 24.3. The zero-order chi connectivity index (χ0) is 58.0. The van der Waals surface area contributed by atoms with Crippen LogP contribution < -0.4 is 16.0 Å². The number of piperidine rings is 2. The van der Waals surface area contributed by atoms with Gasteiger partial charge in [-0.2, -0.15) is 39.5 Å². The van der Waals surface area contributed by atoms with Gasteiger partial charge in [0.1, 0.15) is 11.5 Å². The van der Waals surface area contributed by atoms with Gasteiger partial charge in [0.05, 0.1) is 38.1 Å². The summed E-state index contributed by atoms with van der Waals surface area (Å²) in [5, 5.41) is 8.40. The predicted octanol–water partition coefficient (Wildman–Crippen LogP) is 15.1. The van der Waals surface area contributed by atoms with E-state index in [-0.39, 0.29) is 85.7 Å². The number of likely N-dealkylation sites (tertiary alicyclic amines) is 2. The molecule has 9 rings (SSSR count). The van der Waals surface area contributed by atoms with Crippen molar-refractivity contribution in [3.8, 4) is 0 Å². The number of nitrogens with one attached hydrogen (secondary N) is 3. The van der Waals surface area contributed by atoms with Crippen LogP contribution in [-0.4, -0.2) is 87.0 Å². The van der Waals surface area contributed by atoms with Crippen LogP contribution in [0.4, 0.5) is 84.1 Å². The lowest BCUT2D eigenvalue weighted by Crippen LogP contribution is -2.45. The van der Waals surface area contributed by atoms with Crippen molar-refractivity contribution in [1.29, 1.82) is 0 Å². The van der Waals surface area contributed by atoms with E-state index in [1.165, 1.54) is 52.5 Å². The average molecular weight is 1170 g/mol. The van der Waals surface area contributed by atoms with Crippen molar-refractivity contribution in [2.24, 2.45) is 0 Å². The number of pyridine rings is 3. The Kier molecular flexibility index (Phi) is 18.9. The quantitative estimate of drug-likeness (QED) is 0.142. The smallest absolute Gasteiger partial charge is 0.324 e. The number of carbonyl (C=O) groups is 3. The molecule has 0 atom stereocenters. The molecule has 0 spiro atoms. The van der Waals surface area contributed by atoms with Crippen LogP contribution in [0.1, 0.15) is 65.9 Å². The van der Waals surface area contributed by atoms with Gasteiger partial charge in [-0.05, 0) is 121 Å². The number of amides is 6. The number of urea groups is 3. The zero-order valence-corrected chi connectivity index (χ0v) is 43.2. The van der Waals surface area contributed by atoms with Gasteiger partial charge in [0.2, 0.25) is 0 Å². The summed E-state index contributed by atoms with van der Waals surface area (Å²) in [5.41, 5.74) is -3.75. The van der Waals surface area contributed by atoms with Crippen molar-refractivity contribution in [3.63, 3.8) is 0 Å². The van der Waals surface area contributed by atoms with Crippen LogP contribution >= 0.6 is 23.2 Å². The molecule has 3 aromatic heterocycles. The zero-order valence-electron chi connectivity index (χ0n) is 41.7. The topological polar surface area (TPSA) is 136 Å². The number of benzene rings is 3. The summed E-state index contributed by atoms with van der Waals surface area (Å²) in [6.45, 7) is 1.16. The standard InChI is InChI=1S/C18H16ClF4N3O.C18H15ClF3N3O.C18H16F5N3O/c19-14-2-1-9-24-15(14)17(20)7-10-26(11-8-17)16(27)25-13-5-3-12(4-6-13)18(21,22)23;19-15-2-1-9-23-16(15)12-7-10-25(11-8-12)17(26)24-14-5-3-13(4-6-14)18(20,21)22;19-14-2-1-9-24-15(14)17(20)7-10-26(11-8-17)16(27)25-13-5-3-12(4-6-13)18(21,22)23/h1-6,9H,7-8,10-11H2,(H,25,27);1-7,9H,8,10-11H2,(H,24,26);1-6,9H,7-8,10-11H2,(H,25,27). The highest BCUT2D eigenvalue weighted by molar-refractivity contribution is 6.32. The molecule has 6 aromatic rings. The number of alkyl halides is 11. The van der Waals surface area contributed by atoms with Gasteiger partial charge in [-0.25, -0.2) is 27.6 Å². The van der Waals surface area contributed by atoms with E-state index >= 15 is 8.78 Å². The average Bonchev–Trinajstić information content (AvgIpc) is 3.49. The molecule has 3 aromatic carbocycles. The van der Waals surface area contributed by atoms with Crippen molar-refractivity contribution in [1.82, 2.24) is 29.7 Å². The van der Waals surface area contributed by atoms with E-state index in [0.717, 1.165) is 60.2 Å². The van der Waals surface area contributed by atoms with E-state index in [4.69, 9.17) is 23.2 Å². The Morgan fingerprint density at radius 3 is 1.20 bits per heavy atom. The van der Waals surface area contributed by atoms with Crippen molar-refractivity contribution in [2.45, 2.75) is 62.0 Å². The molecule has 424 valence electrons. The first-order chi connectivity index (χ1) is 37.7. The minimum atomic E-state index is -4.46. The van der Waals surface area contributed by atoms with Gasteiger partial charge in [-0.3, -0.25) is 15.0 Å². The maximum atomic E-state index is 15.2. The van der Waals surface area contributed by atoms with Gasteiger partial charge >= 0.3 is 36.6 Å². The lowest BCUT2D eigenvalue weighted by Gasteiger charge is -2.36. The number of anilines is 3. The molecule has 12 nitrogen and oxygen atoms in total. The van der Waals surface area contributed by atoms with E-state index in [9.17, 15) is 58.3 Å². The third kappa shape index (κ3) is 15.6. The van der Waals surface area contributed by atoms with Crippen LogP contribution in [0, 0.1) is 5.82 Å². The molecular weight excluding hydrogens is 1120 g/mol. The summed E-state index contributed by atoms with van der Waals surface area (Å²) < 4.78 is 157. The van der Waals surface area contributed by atoms with Crippen LogP contribution in [0.2, 0.25) is 10.0 Å². The van der Waals surface area contributed by atoms with Crippen molar-refractivity contribution < 1.29 is 67.1 Å². The first kappa shape index (κ1) is 60.0. The molecule has 0 bridgehead atoms. The van der Waals surface area contributed by atoms with Crippen molar-refractivity contribution >= 4 is 63.9 Å². The largest absolute Gasteiger partial charge is 0.416 e. The van der Waals surface area contributed by atoms with Crippen LogP contribution in [0.5, 0.6) is 0 Å². The van der Waals surface area contributed by atoms with Gasteiger partial charge in [0.15, 0.2) is 11.3 Å². The minimum absolute atomic E-state index is 0.0268. The molecule has 6 heterocycles. The van der Waals surface area contributed by atoms with Crippen LogP contribution in [0.3, 0.4) is 0 Å². The summed E-state index contributed by atoms with van der Waals surface area (Å²) in [6, 6.07) is 20.3. The Labute approximate surface area is 459 Å². The number of hydrogen-bond acceptors (Lipinski definition) is 6. The van der Waals surface area contributed by atoms with Crippen LogP contribution in [0.15, 0.2) is 134 Å². The highest BCUT2D eigenvalue weighted by Crippen LogP contribution is 2.40. The third-order valence-corrected chi connectivity index (χ3v) is 13.6. The monoisotopic (exact) mass is 1170 g/mol. The summed E-state index contributed by atoms with van der Waals surface area (Å²) >= 11 is 12.2. The fraction of sp³-hybridized carbons (Fsp3) is 0.296. The molecule has 0 saturated carbocycles. The third-order valence-electron chi connectivity index (χ3n) is 13.0. The first-order valence-corrected chi connectivity index (χ1v) is 25.1. The Bertz CT molecular complexity index is 2990. The van der Waals surface area contributed by atoms with Crippen molar-refractivity contribution in [2.75, 3.05) is 55.2 Å². The number of aromatic nitrogens is 3. The summed E-state index contributed by atoms with van der Waals surface area (Å²) in [5.74, 6) is -0.734. The second-order valence-corrected chi connectivity index (χ2v) is 19.2. The van der Waals surface area contributed by atoms with E-state index < -0.39 is 64.4 Å². The number of nitrogens with zero attached hydrogens (tertiary/aromatic N) is 6. The molecule has 0 unspecified atom stereocenters. The highest BCUT2D eigenvalue weighted by Gasteiger charge is 2.42. The highest BCUT2D eigenvalue weighted by atomic mass is 35.5. The summed E-state index contributed by atoms with van der Waals surface area (Å²) in [6.07, 6.45) is -6.57. The van der Waals surface area contributed by atoms with E-state index in [0.29, 0.717) is 35.9 Å². The van der Waals surface area contributed by atoms with E-state index in [2.05, 4.69) is 30.9 Å². The molecule has 3 aliphatic rings. The summed E-state index contributed by atoms with van der Waals surface area (Å²) in [4.78, 5) is 53.2. The van der Waals surface area contributed by atoms with Gasteiger partial charge in [0, 0.05) is 101 Å². The molecule has 26 heteroatoms. The predicted molar refractivity (Wildman–Crippen MR) is 275 cm³/mol. The molecule has 2 fully saturated rings. The molecule has 0 radical (unpaired) electrons. The Morgan fingerprint density at radius 2 is 0.838 bits per heavy atom. The van der Waals surface area contributed by atoms with Gasteiger partial charge in [-0.1, -0.05) is 29.3 Å². The molecular formula is C54H47Cl2F12N9O3. The lowest BCUT2D eigenvalue weighted by molar-refractivity contribution is -0.138. The molecule has 3 N–H and O–H groups in total.